The number of anilines is 1. The van der Waals surface area contributed by atoms with E-state index in [1.807, 2.05) is 25.1 Å². The lowest BCUT2D eigenvalue weighted by Gasteiger charge is -2.26. The van der Waals surface area contributed by atoms with Gasteiger partial charge in [-0.2, -0.15) is 0 Å². The number of nitrogens with one attached hydrogen (secondary N) is 3. The summed E-state index contributed by atoms with van der Waals surface area (Å²) in [5.41, 5.74) is 3.19. The highest BCUT2D eigenvalue weighted by Gasteiger charge is 2.25. The lowest BCUT2D eigenvalue weighted by atomic mass is 10.1. The Morgan fingerprint density at radius 3 is 2.85 bits per heavy atom. The van der Waals surface area contributed by atoms with Crippen molar-refractivity contribution < 1.29 is 9.53 Å². The van der Waals surface area contributed by atoms with Crippen LogP contribution in [0, 0.1) is 6.92 Å². The summed E-state index contributed by atoms with van der Waals surface area (Å²) in [5.74, 6) is 1.23. The number of amides is 1. The first-order valence-electron chi connectivity index (χ1n) is 12.0. The summed E-state index contributed by atoms with van der Waals surface area (Å²) in [4.78, 5) is 22.2. The third-order valence-electron chi connectivity index (χ3n) is 6.52. The standard InChI is InChI=1S/C25H32N6O2/c1-17-15-18(8-14-28-17)24(32)30-25-29-21-6-4-7-22(33-20-9-12-26-13-10-20)23(21)31(25)19-5-2-3-11-27-16-19/h4,6-8,14-15,19-20,26-27H,2-3,5,9-13,16H2,1H3,(H,29,30,32). The van der Waals surface area contributed by atoms with Gasteiger partial charge in [0.25, 0.3) is 5.91 Å². The van der Waals surface area contributed by atoms with Crippen molar-refractivity contribution in [1.82, 2.24) is 25.2 Å². The number of pyridine rings is 1. The molecule has 33 heavy (non-hydrogen) atoms. The van der Waals surface area contributed by atoms with Gasteiger partial charge in [-0.25, -0.2) is 4.98 Å². The van der Waals surface area contributed by atoms with Crippen LogP contribution in [0.1, 0.15) is 54.2 Å². The molecule has 2 aromatic heterocycles. The minimum atomic E-state index is -0.181. The average Bonchev–Trinajstić information content (AvgIpc) is 2.99. The van der Waals surface area contributed by atoms with Crippen molar-refractivity contribution in [3.05, 3.63) is 47.8 Å². The highest BCUT2D eigenvalue weighted by Crippen LogP contribution is 2.35. The van der Waals surface area contributed by atoms with Crippen LogP contribution in [0.15, 0.2) is 36.5 Å². The Labute approximate surface area is 194 Å². The third kappa shape index (κ3) is 4.86. The molecule has 2 aliphatic rings. The first kappa shape index (κ1) is 21.9. The number of aromatic nitrogens is 3. The van der Waals surface area contributed by atoms with E-state index < -0.39 is 0 Å². The minimum absolute atomic E-state index is 0.181. The molecule has 2 fully saturated rings. The van der Waals surface area contributed by atoms with Crippen LogP contribution in [0.25, 0.3) is 11.0 Å². The van der Waals surface area contributed by atoms with Crippen LogP contribution in [0.2, 0.25) is 0 Å². The largest absolute Gasteiger partial charge is 0.488 e. The van der Waals surface area contributed by atoms with Gasteiger partial charge >= 0.3 is 0 Å². The third-order valence-corrected chi connectivity index (χ3v) is 6.52. The summed E-state index contributed by atoms with van der Waals surface area (Å²) in [7, 11) is 0. The smallest absolute Gasteiger partial charge is 0.258 e. The fourth-order valence-electron chi connectivity index (χ4n) is 4.83. The van der Waals surface area contributed by atoms with Crippen molar-refractivity contribution >= 4 is 22.9 Å². The van der Waals surface area contributed by atoms with E-state index in [0.717, 1.165) is 80.8 Å². The number of carbonyl (C=O) groups is 1. The molecule has 8 nitrogen and oxygen atoms in total. The van der Waals surface area contributed by atoms with E-state index in [9.17, 15) is 4.79 Å². The predicted octanol–water partition coefficient (Wildman–Crippen LogP) is 3.44. The molecule has 5 rings (SSSR count). The van der Waals surface area contributed by atoms with Crippen molar-refractivity contribution in [1.29, 1.82) is 0 Å². The van der Waals surface area contributed by atoms with E-state index in [1.54, 1.807) is 18.3 Å². The molecule has 0 aliphatic carbocycles. The van der Waals surface area contributed by atoms with E-state index in [2.05, 4.69) is 25.5 Å². The maximum absolute atomic E-state index is 13.1. The zero-order valence-electron chi connectivity index (χ0n) is 19.1. The Bertz CT molecular complexity index is 1110. The number of piperidine rings is 1. The molecule has 3 aromatic rings. The Balaban J connectivity index is 1.55. The van der Waals surface area contributed by atoms with Gasteiger partial charge < -0.3 is 19.9 Å². The van der Waals surface area contributed by atoms with E-state index in [4.69, 9.17) is 9.72 Å². The second-order valence-electron chi connectivity index (χ2n) is 8.99. The average molecular weight is 449 g/mol. The maximum Gasteiger partial charge on any atom is 0.258 e. The predicted molar refractivity (Wildman–Crippen MR) is 129 cm³/mol. The van der Waals surface area contributed by atoms with Crippen LogP contribution in [0.3, 0.4) is 0 Å². The molecule has 0 saturated carbocycles. The van der Waals surface area contributed by atoms with Crippen molar-refractivity contribution in [3.8, 4) is 5.75 Å². The monoisotopic (exact) mass is 448 g/mol. The lowest BCUT2D eigenvalue weighted by Crippen LogP contribution is -2.34. The number of carbonyl (C=O) groups excluding carboxylic acids is 1. The molecule has 0 spiro atoms. The van der Waals surface area contributed by atoms with Gasteiger partial charge in [-0.15, -0.1) is 0 Å². The number of rotatable bonds is 5. The van der Waals surface area contributed by atoms with Crippen molar-refractivity contribution in [3.63, 3.8) is 0 Å². The second kappa shape index (κ2) is 9.89. The zero-order valence-corrected chi connectivity index (χ0v) is 19.1. The molecule has 0 bridgehead atoms. The van der Waals surface area contributed by atoms with Crippen molar-refractivity contribution in [2.24, 2.45) is 0 Å². The van der Waals surface area contributed by atoms with E-state index in [0.29, 0.717) is 11.5 Å². The molecule has 0 radical (unpaired) electrons. The molecule has 1 aromatic carbocycles. The van der Waals surface area contributed by atoms with Crippen LogP contribution in [-0.2, 0) is 0 Å². The molecule has 3 N–H and O–H groups in total. The van der Waals surface area contributed by atoms with Crippen LogP contribution in [0.4, 0.5) is 5.95 Å². The summed E-state index contributed by atoms with van der Waals surface area (Å²) in [6.45, 7) is 5.68. The number of para-hydroxylation sites is 1. The van der Waals surface area contributed by atoms with Gasteiger partial charge in [0.15, 0.2) is 0 Å². The molecular formula is C25H32N6O2. The zero-order chi connectivity index (χ0) is 22.6. The Kier molecular flexibility index (Phi) is 6.55. The van der Waals surface area contributed by atoms with Gasteiger partial charge in [0.1, 0.15) is 17.4 Å². The molecule has 1 unspecified atom stereocenters. The van der Waals surface area contributed by atoms with Crippen LogP contribution >= 0.6 is 0 Å². The Morgan fingerprint density at radius 2 is 2.00 bits per heavy atom. The van der Waals surface area contributed by atoms with Crippen molar-refractivity contribution in [2.75, 3.05) is 31.5 Å². The number of nitrogens with zero attached hydrogens (tertiary/aromatic N) is 3. The highest BCUT2D eigenvalue weighted by atomic mass is 16.5. The quantitative estimate of drug-likeness (QED) is 0.554. The summed E-state index contributed by atoms with van der Waals surface area (Å²) in [5, 5.41) is 10.0. The molecule has 2 saturated heterocycles. The number of hydrogen-bond acceptors (Lipinski definition) is 6. The van der Waals surface area contributed by atoms with Crippen LogP contribution in [0.5, 0.6) is 5.75 Å². The van der Waals surface area contributed by atoms with E-state index >= 15 is 0 Å². The normalized spacial score (nSPS) is 19.8. The fourth-order valence-corrected chi connectivity index (χ4v) is 4.83. The SMILES string of the molecule is Cc1cc(C(=O)Nc2nc3cccc(OC4CCNCC4)c3n2C2CCCCNC2)ccn1. The lowest BCUT2D eigenvalue weighted by molar-refractivity contribution is 0.102. The van der Waals surface area contributed by atoms with Crippen LogP contribution < -0.4 is 20.7 Å². The maximum atomic E-state index is 13.1. The van der Waals surface area contributed by atoms with Gasteiger partial charge in [0, 0.05) is 30.0 Å². The van der Waals surface area contributed by atoms with Gasteiger partial charge in [-0.05, 0) is 76.5 Å². The van der Waals surface area contributed by atoms with Crippen LogP contribution in [-0.4, -0.2) is 52.7 Å². The number of benzene rings is 1. The highest BCUT2D eigenvalue weighted by molar-refractivity contribution is 6.04. The summed E-state index contributed by atoms with van der Waals surface area (Å²) in [6, 6.07) is 9.72. The van der Waals surface area contributed by atoms with Gasteiger partial charge in [-0.3, -0.25) is 15.1 Å². The first-order valence-corrected chi connectivity index (χ1v) is 12.0. The van der Waals surface area contributed by atoms with Gasteiger partial charge in [0.05, 0.1) is 5.52 Å². The van der Waals surface area contributed by atoms with Crippen molar-refractivity contribution in [2.45, 2.75) is 51.2 Å². The van der Waals surface area contributed by atoms with E-state index in [1.165, 1.54) is 0 Å². The first-order chi connectivity index (χ1) is 16.2. The topological polar surface area (TPSA) is 93.1 Å². The molecule has 174 valence electrons. The summed E-state index contributed by atoms with van der Waals surface area (Å²) < 4.78 is 8.70. The van der Waals surface area contributed by atoms with Gasteiger partial charge in [0.2, 0.25) is 5.95 Å². The number of aryl methyl sites for hydroxylation is 1. The molecular weight excluding hydrogens is 416 g/mol. The molecule has 1 amide bonds. The Morgan fingerprint density at radius 1 is 1.12 bits per heavy atom. The molecule has 1 atom stereocenters. The van der Waals surface area contributed by atoms with Gasteiger partial charge in [-0.1, -0.05) is 12.5 Å². The summed E-state index contributed by atoms with van der Waals surface area (Å²) in [6.07, 6.45) is 7.13. The van der Waals surface area contributed by atoms with E-state index in [-0.39, 0.29) is 18.1 Å². The fraction of sp³-hybridized carbons (Fsp3) is 0.480. The molecule has 4 heterocycles. The Hall–Kier alpha value is -2.97. The number of fused-ring (bicyclic) bond motifs is 1. The molecule has 2 aliphatic heterocycles. The number of imidazole rings is 1. The molecule has 8 heteroatoms. The minimum Gasteiger partial charge on any atom is -0.488 e. The number of ether oxygens (including phenoxy) is 1. The summed E-state index contributed by atoms with van der Waals surface area (Å²) >= 11 is 0. The second-order valence-corrected chi connectivity index (χ2v) is 8.99. The number of hydrogen-bond donors (Lipinski definition) is 3.